The van der Waals surface area contributed by atoms with E-state index in [9.17, 15) is 14.7 Å². The van der Waals surface area contributed by atoms with Crippen molar-refractivity contribution in [2.75, 3.05) is 53.3 Å². The molecular weight excluding hydrogens is 528 g/mol. The molecule has 0 spiro atoms. The van der Waals surface area contributed by atoms with E-state index < -0.39 is 12.3 Å². The number of carbonyl (C=O) groups is 2. The molecular formula is C31H38N2O8. The topological polar surface area (TPSA) is 107 Å². The van der Waals surface area contributed by atoms with E-state index in [1.807, 2.05) is 48.2 Å². The average molecular weight is 567 g/mol. The minimum Gasteiger partial charge on any atom is -0.465 e. The average Bonchev–Trinajstić information content (AvgIpc) is 3.48. The van der Waals surface area contributed by atoms with Crippen LogP contribution in [0.2, 0.25) is 0 Å². The zero-order valence-corrected chi connectivity index (χ0v) is 23.6. The lowest BCUT2D eigenvalue weighted by Crippen LogP contribution is -2.49. The number of ether oxygens (including phenoxy) is 5. The van der Waals surface area contributed by atoms with Crippen LogP contribution in [0.15, 0.2) is 54.3 Å². The molecule has 41 heavy (non-hydrogen) atoms. The van der Waals surface area contributed by atoms with E-state index in [0.717, 1.165) is 42.3 Å². The molecule has 0 radical (unpaired) electrons. The van der Waals surface area contributed by atoms with Gasteiger partial charge in [0, 0.05) is 57.8 Å². The number of aliphatic hydroxyl groups is 1. The molecule has 3 aliphatic rings. The summed E-state index contributed by atoms with van der Waals surface area (Å²) in [4.78, 5) is 29.8. The van der Waals surface area contributed by atoms with Gasteiger partial charge in [-0.3, -0.25) is 9.69 Å². The Labute approximate surface area is 240 Å². The van der Waals surface area contributed by atoms with Crippen LogP contribution in [0.1, 0.15) is 47.2 Å². The van der Waals surface area contributed by atoms with Crippen LogP contribution in [0.5, 0.6) is 11.5 Å². The van der Waals surface area contributed by atoms with Crippen LogP contribution < -0.4 is 9.47 Å². The molecule has 2 aromatic rings. The minimum atomic E-state index is -0.631. The number of hydrogen-bond acceptors (Lipinski definition) is 9. The molecule has 3 heterocycles. The Balaban J connectivity index is 1.30. The van der Waals surface area contributed by atoms with Crippen LogP contribution in [0.4, 0.5) is 0 Å². The highest BCUT2D eigenvalue weighted by Crippen LogP contribution is 2.40. The van der Waals surface area contributed by atoms with Crippen LogP contribution >= 0.6 is 0 Å². The van der Waals surface area contributed by atoms with E-state index in [-0.39, 0.29) is 36.9 Å². The van der Waals surface area contributed by atoms with Crippen LogP contribution in [0, 0.1) is 5.92 Å². The molecule has 1 fully saturated rings. The number of carbonyl (C=O) groups excluding carboxylic acids is 2. The third-order valence-electron chi connectivity index (χ3n) is 7.84. The molecule has 0 bridgehead atoms. The maximum atomic E-state index is 13.7. The van der Waals surface area contributed by atoms with Gasteiger partial charge in [-0.05, 0) is 61.2 Å². The summed E-state index contributed by atoms with van der Waals surface area (Å²) in [6, 6.07) is 13.2. The second-order valence-electron chi connectivity index (χ2n) is 10.4. The van der Waals surface area contributed by atoms with Gasteiger partial charge in [-0.1, -0.05) is 18.2 Å². The monoisotopic (exact) mass is 566 g/mol. The summed E-state index contributed by atoms with van der Waals surface area (Å²) in [6.45, 7) is 6.02. The van der Waals surface area contributed by atoms with Gasteiger partial charge >= 0.3 is 5.97 Å². The molecule has 0 aromatic heterocycles. The second kappa shape index (κ2) is 13.4. The molecule has 1 amide bonds. The van der Waals surface area contributed by atoms with Crippen molar-refractivity contribution in [3.8, 4) is 11.5 Å². The first-order valence-electron chi connectivity index (χ1n) is 14.2. The molecule has 10 heteroatoms. The number of fused-ring (bicyclic) bond motifs is 1. The highest BCUT2D eigenvalue weighted by molar-refractivity contribution is 5.92. The van der Waals surface area contributed by atoms with E-state index >= 15 is 0 Å². The molecule has 0 aliphatic carbocycles. The Morgan fingerprint density at radius 3 is 2.49 bits per heavy atom. The predicted octanol–water partition coefficient (Wildman–Crippen LogP) is 3.30. The number of allylic oxidation sites excluding steroid dienone is 1. The number of aliphatic hydroxyl groups excluding tert-OH is 1. The summed E-state index contributed by atoms with van der Waals surface area (Å²) in [5.41, 5.74) is 2.53. The van der Waals surface area contributed by atoms with Crippen molar-refractivity contribution in [1.29, 1.82) is 0 Å². The molecule has 5 rings (SSSR count). The Hall–Kier alpha value is -3.60. The SMILES string of the molecule is CCO[C@H]1OC(C(=O)N2CCN(Cc3ccc4c(c3)OCO4)CC2)=C[C@@H](c2ccc(C(=O)OC)cc2)[C@@H]1CCCO. The second-order valence-corrected chi connectivity index (χ2v) is 10.4. The van der Waals surface area contributed by atoms with Crippen molar-refractivity contribution >= 4 is 11.9 Å². The number of hydrogen-bond donors (Lipinski definition) is 1. The minimum absolute atomic E-state index is 0.0510. The van der Waals surface area contributed by atoms with Crippen LogP contribution in [0.3, 0.4) is 0 Å². The molecule has 10 nitrogen and oxygen atoms in total. The van der Waals surface area contributed by atoms with Gasteiger partial charge in [0.15, 0.2) is 17.3 Å². The summed E-state index contributed by atoms with van der Waals surface area (Å²) >= 11 is 0. The Morgan fingerprint density at radius 2 is 1.78 bits per heavy atom. The van der Waals surface area contributed by atoms with Gasteiger partial charge in [0.05, 0.1) is 12.7 Å². The molecule has 1 N–H and O–H groups in total. The first-order chi connectivity index (χ1) is 20.0. The highest BCUT2D eigenvalue weighted by atomic mass is 16.7. The zero-order valence-electron chi connectivity index (χ0n) is 23.6. The third kappa shape index (κ3) is 6.66. The normalized spacial score (nSPS) is 22.2. The molecule has 220 valence electrons. The van der Waals surface area contributed by atoms with E-state index in [4.69, 9.17) is 23.7 Å². The Morgan fingerprint density at radius 1 is 1.02 bits per heavy atom. The van der Waals surface area contributed by atoms with E-state index in [0.29, 0.717) is 38.1 Å². The summed E-state index contributed by atoms with van der Waals surface area (Å²) in [7, 11) is 1.35. The van der Waals surface area contributed by atoms with Crippen molar-refractivity contribution in [2.24, 2.45) is 5.92 Å². The molecule has 3 aliphatic heterocycles. The lowest BCUT2D eigenvalue weighted by molar-refractivity contribution is -0.171. The molecule has 2 aromatic carbocycles. The number of esters is 1. The summed E-state index contributed by atoms with van der Waals surface area (Å²) in [6.07, 6.45) is 2.48. The van der Waals surface area contributed by atoms with Crippen LogP contribution in [-0.4, -0.2) is 86.4 Å². The largest absolute Gasteiger partial charge is 0.465 e. The standard InChI is InChI=1S/C31H38N2O8/c1-3-38-31-24(5-4-16-34)25(22-7-9-23(10-8-22)30(36)37-2)18-28(41-31)29(35)33-14-12-32(13-15-33)19-21-6-11-26-27(17-21)40-20-39-26/h6-11,17-18,24-25,31,34H,3-5,12-16,19-20H2,1-2H3/t24-,25-,31-/m0/s1. The number of rotatable bonds is 10. The molecule has 1 saturated heterocycles. The number of nitrogens with zero attached hydrogens (tertiary/aromatic N) is 2. The van der Waals surface area contributed by atoms with Crippen LogP contribution in [-0.2, 0) is 25.5 Å². The summed E-state index contributed by atoms with van der Waals surface area (Å²) in [5, 5.41) is 9.54. The zero-order chi connectivity index (χ0) is 28.8. The van der Waals surface area contributed by atoms with E-state index in [1.165, 1.54) is 7.11 Å². The van der Waals surface area contributed by atoms with E-state index in [1.54, 1.807) is 12.1 Å². The molecule has 3 atom stereocenters. The fourth-order valence-electron chi connectivity index (χ4n) is 5.66. The van der Waals surface area contributed by atoms with Crippen molar-refractivity contribution in [3.05, 3.63) is 71.0 Å². The molecule has 0 unspecified atom stereocenters. The van der Waals surface area contributed by atoms with Crippen molar-refractivity contribution < 1.29 is 38.4 Å². The van der Waals surface area contributed by atoms with Gasteiger partial charge in [0.1, 0.15) is 0 Å². The Kier molecular flexibility index (Phi) is 9.43. The van der Waals surface area contributed by atoms with Gasteiger partial charge < -0.3 is 33.7 Å². The number of piperazine rings is 1. The fourth-order valence-corrected chi connectivity index (χ4v) is 5.66. The maximum Gasteiger partial charge on any atom is 0.337 e. The highest BCUT2D eigenvalue weighted by Gasteiger charge is 2.39. The van der Waals surface area contributed by atoms with Gasteiger partial charge in [0.2, 0.25) is 13.1 Å². The van der Waals surface area contributed by atoms with Gasteiger partial charge in [-0.15, -0.1) is 0 Å². The quantitative estimate of drug-likeness (QED) is 0.434. The number of amides is 1. The lowest BCUT2D eigenvalue weighted by Gasteiger charge is -2.39. The van der Waals surface area contributed by atoms with Gasteiger partial charge in [-0.2, -0.15) is 0 Å². The third-order valence-corrected chi connectivity index (χ3v) is 7.84. The van der Waals surface area contributed by atoms with Crippen LogP contribution in [0.25, 0.3) is 0 Å². The van der Waals surface area contributed by atoms with Crippen molar-refractivity contribution in [3.63, 3.8) is 0 Å². The van der Waals surface area contributed by atoms with E-state index in [2.05, 4.69) is 4.90 Å². The Bertz CT molecular complexity index is 1240. The first kappa shape index (κ1) is 28.9. The fraction of sp³-hybridized carbons (Fsp3) is 0.484. The predicted molar refractivity (Wildman–Crippen MR) is 149 cm³/mol. The summed E-state index contributed by atoms with van der Waals surface area (Å²) < 4.78 is 27.9. The summed E-state index contributed by atoms with van der Waals surface area (Å²) in [5.74, 6) is 0.951. The smallest absolute Gasteiger partial charge is 0.337 e. The maximum absolute atomic E-state index is 13.7. The number of benzene rings is 2. The van der Waals surface area contributed by atoms with Crippen molar-refractivity contribution in [2.45, 2.75) is 38.5 Å². The van der Waals surface area contributed by atoms with Crippen molar-refractivity contribution in [1.82, 2.24) is 9.80 Å². The first-order valence-corrected chi connectivity index (χ1v) is 14.2. The van der Waals surface area contributed by atoms with Gasteiger partial charge in [-0.25, -0.2) is 4.79 Å². The number of methoxy groups -OCH3 is 1. The molecule has 0 saturated carbocycles. The lowest BCUT2D eigenvalue weighted by atomic mass is 9.80. The van der Waals surface area contributed by atoms with Gasteiger partial charge in [0.25, 0.3) is 5.91 Å².